The molecule has 1 aromatic carbocycles. The normalized spacial score (nSPS) is 14.8. The largest absolute Gasteiger partial charge is 0.378 e. The molecule has 1 N–H and O–H groups in total. The standard InChI is InChI=1S/C28H27N7O2/c1-32-18-23(17-31-32)22-15-24(25-9-10-30-35(25)19-22)21-7-8-26(29-16-21)33-11-13-34(14-12-33)28(37)27(36)20-5-3-2-4-6-20/h2-10,15-19,27,36H,11-14H2,1H3. The molecule has 6 rings (SSSR count). The first-order valence-electron chi connectivity index (χ1n) is 12.3. The van der Waals surface area contributed by atoms with Gasteiger partial charge in [0.15, 0.2) is 6.10 Å². The lowest BCUT2D eigenvalue weighted by molar-refractivity contribution is -0.140. The molecular formula is C28H27N7O2. The molecule has 0 bridgehead atoms. The van der Waals surface area contributed by atoms with Crippen molar-refractivity contribution in [3.05, 3.63) is 91.1 Å². The van der Waals surface area contributed by atoms with Crippen LogP contribution in [0.2, 0.25) is 0 Å². The minimum absolute atomic E-state index is 0.257. The number of fused-ring (bicyclic) bond motifs is 1. The number of carbonyl (C=O) groups is 1. The lowest BCUT2D eigenvalue weighted by atomic mass is 10.0. The lowest BCUT2D eigenvalue weighted by Gasteiger charge is -2.36. The molecule has 1 saturated heterocycles. The van der Waals surface area contributed by atoms with Crippen molar-refractivity contribution < 1.29 is 9.90 Å². The van der Waals surface area contributed by atoms with Crippen LogP contribution in [0.5, 0.6) is 0 Å². The Morgan fingerprint density at radius 2 is 1.70 bits per heavy atom. The molecule has 1 amide bonds. The van der Waals surface area contributed by atoms with E-state index in [1.54, 1.807) is 27.9 Å². The SMILES string of the molecule is Cn1cc(-c2cc(-c3ccc(N4CCN(C(=O)C(O)c5ccccc5)CC4)nc3)c3ccnn3c2)cn1. The predicted octanol–water partition coefficient (Wildman–Crippen LogP) is 3.18. The monoisotopic (exact) mass is 493 g/mol. The van der Waals surface area contributed by atoms with Crippen LogP contribution >= 0.6 is 0 Å². The minimum atomic E-state index is -1.13. The zero-order valence-electron chi connectivity index (χ0n) is 20.5. The van der Waals surface area contributed by atoms with Gasteiger partial charge in [-0.15, -0.1) is 0 Å². The van der Waals surface area contributed by atoms with Crippen LogP contribution < -0.4 is 4.90 Å². The summed E-state index contributed by atoms with van der Waals surface area (Å²) in [5.74, 6) is 0.611. The average Bonchev–Trinajstić information content (AvgIpc) is 3.61. The van der Waals surface area contributed by atoms with Gasteiger partial charge in [-0.25, -0.2) is 9.50 Å². The summed E-state index contributed by atoms with van der Waals surface area (Å²) in [6.07, 6.45) is 8.39. The lowest BCUT2D eigenvalue weighted by Crippen LogP contribution is -2.50. The molecule has 0 aliphatic carbocycles. The van der Waals surface area contributed by atoms with E-state index in [1.165, 1.54) is 0 Å². The topological polar surface area (TPSA) is 91.8 Å². The maximum atomic E-state index is 12.8. The number of hydrogen-bond donors (Lipinski definition) is 1. The van der Waals surface area contributed by atoms with Gasteiger partial charge in [0.05, 0.1) is 11.7 Å². The van der Waals surface area contributed by atoms with Crippen LogP contribution in [0.3, 0.4) is 0 Å². The number of rotatable bonds is 5. The van der Waals surface area contributed by atoms with Gasteiger partial charge < -0.3 is 14.9 Å². The van der Waals surface area contributed by atoms with E-state index in [1.807, 2.05) is 66.7 Å². The highest BCUT2D eigenvalue weighted by Gasteiger charge is 2.27. The Hall–Kier alpha value is -4.50. The summed E-state index contributed by atoms with van der Waals surface area (Å²) in [4.78, 5) is 21.4. The maximum absolute atomic E-state index is 12.8. The molecule has 1 unspecified atom stereocenters. The molecule has 1 fully saturated rings. The molecule has 0 spiro atoms. The number of piperazine rings is 1. The smallest absolute Gasteiger partial charge is 0.256 e. The van der Waals surface area contributed by atoms with Gasteiger partial charge in [-0.2, -0.15) is 10.2 Å². The Kier molecular flexibility index (Phi) is 5.90. The molecule has 9 heteroatoms. The summed E-state index contributed by atoms with van der Waals surface area (Å²) < 4.78 is 3.67. The van der Waals surface area contributed by atoms with Crippen molar-refractivity contribution in [2.45, 2.75) is 6.10 Å². The number of pyridine rings is 2. The van der Waals surface area contributed by atoms with Gasteiger partial charge >= 0.3 is 0 Å². The van der Waals surface area contributed by atoms with Gasteiger partial charge in [0.2, 0.25) is 0 Å². The summed E-state index contributed by atoms with van der Waals surface area (Å²) in [6.45, 7) is 2.39. The molecule has 1 aliphatic rings. The van der Waals surface area contributed by atoms with Gasteiger partial charge in [0.1, 0.15) is 5.82 Å². The third-order valence-electron chi connectivity index (χ3n) is 6.87. The molecule has 37 heavy (non-hydrogen) atoms. The van der Waals surface area contributed by atoms with E-state index >= 15 is 0 Å². The summed E-state index contributed by atoms with van der Waals surface area (Å²) in [6, 6.07) is 17.3. The van der Waals surface area contributed by atoms with Crippen molar-refractivity contribution in [1.82, 2.24) is 29.3 Å². The summed E-state index contributed by atoms with van der Waals surface area (Å²) in [5.41, 5.74) is 5.72. The highest BCUT2D eigenvalue weighted by atomic mass is 16.3. The van der Waals surface area contributed by atoms with E-state index < -0.39 is 6.10 Å². The van der Waals surface area contributed by atoms with Gasteiger partial charge in [0, 0.05) is 80.3 Å². The maximum Gasteiger partial charge on any atom is 0.256 e. The molecule has 5 aromatic rings. The van der Waals surface area contributed by atoms with Crippen LogP contribution in [0.4, 0.5) is 5.82 Å². The molecular weight excluding hydrogens is 466 g/mol. The fraction of sp³-hybridized carbons (Fsp3) is 0.214. The van der Waals surface area contributed by atoms with Crippen LogP contribution in [0.1, 0.15) is 11.7 Å². The predicted molar refractivity (Wildman–Crippen MR) is 141 cm³/mol. The van der Waals surface area contributed by atoms with Crippen LogP contribution in [-0.2, 0) is 11.8 Å². The van der Waals surface area contributed by atoms with E-state index in [0.717, 1.165) is 33.6 Å². The van der Waals surface area contributed by atoms with E-state index in [0.29, 0.717) is 31.7 Å². The third-order valence-corrected chi connectivity index (χ3v) is 6.87. The first-order chi connectivity index (χ1) is 18.1. The van der Waals surface area contributed by atoms with Gasteiger partial charge in [-0.1, -0.05) is 30.3 Å². The van der Waals surface area contributed by atoms with Gasteiger partial charge in [-0.05, 0) is 29.8 Å². The second-order valence-corrected chi connectivity index (χ2v) is 9.24. The molecule has 0 saturated carbocycles. The highest BCUT2D eigenvalue weighted by molar-refractivity contribution is 5.84. The Labute approximate surface area is 214 Å². The first kappa shape index (κ1) is 22.9. The van der Waals surface area contributed by atoms with Crippen LogP contribution in [-0.4, -0.2) is 66.5 Å². The van der Waals surface area contributed by atoms with E-state index in [2.05, 4.69) is 27.2 Å². The number of benzene rings is 1. The molecule has 5 heterocycles. The minimum Gasteiger partial charge on any atom is -0.378 e. The van der Waals surface area contributed by atoms with Crippen molar-refractivity contribution in [3.8, 4) is 22.3 Å². The Morgan fingerprint density at radius 3 is 2.41 bits per heavy atom. The Morgan fingerprint density at radius 1 is 0.892 bits per heavy atom. The van der Waals surface area contributed by atoms with Gasteiger partial charge in [-0.3, -0.25) is 9.48 Å². The van der Waals surface area contributed by atoms with Crippen LogP contribution in [0.25, 0.3) is 27.8 Å². The first-order valence-corrected chi connectivity index (χ1v) is 12.3. The highest BCUT2D eigenvalue weighted by Crippen LogP contribution is 2.30. The summed E-state index contributed by atoms with van der Waals surface area (Å²) in [5, 5.41) is 19.2. The number of aliphatic hydroxyl groups excluding tert-OH is 1. The number of aliphatic hydroxyl groups is 1. The third kappa shape index (κ3) is 4.45. The molecule has 0 radical (unpaired) electrons. The van der Waals surface area contributed by atoms with Crippen LogP contribution in [0, 0.1) is 0 Å². The fourth-order valence-electron chi connectivity index (χ4n) is 4.83. The Balaban J connectivity index is 1.18. The molecule has 1 aliphatic heterocycles. The van der Waals surface area contributed by atoms with Crippen molar-refractivity contribution in [2.24, 2.45) is 7.05 Å². The molecule has 186 valence electrons. The van der Waals surface area contributed by atoms with E-state index in [9.17, 15) is 9.90 Å². The van der Waals surface area contributed by atoms with E-state index in [-0.39, 0.29) is 5.91 Å². The zero-order chi connectivity index (χ0) is 25.4. The van der Waals surface area contributed by atoms with Crippen LogP contribution in [0.15, 0.2) is 85.6 Å². The molecule has 1 atom stereocenters. The zero-order valence-corrected chi connectivity index (χ0v) is 20.5. The average molecular weight is 494 g/mol. The number of aryl methyl sites for hydroxylation is 1. The fourth-order valence-corrected chi connectivity index (χ4v) is 4.83. The quantitative estimate of drug-likeness (QED) is 0.404. The van der Waals surface area contributed by atoms with E-state index in [4.69, 9.17) is 4.98 Å². The second kappa shape index (κ2) is 9.51. The van der Waals surface area contributed by atoms with Crippen molar-refractivity contribution in [1.29, 1.82) is 0 Å². The molecule has 9 nitrogen and oxygen atoms in total. The van der Waals surface area contributed by atoms with Gasteiger partial charge in [0.25, 0.3) is 5.91 Å². The number of hydrogen-bond acceptors (Lipinski definition) is 6. The second-order valence-electron chi connectivity index (χ2n) is 9.24. The summed E-state index contributed by atoms with van der Waals surface area (Å²) >= 11 is 0. The number of anilines is 1. The number of nitrogens with zero attached hydrogens (tertiary/aromatic N) is 7. The number of carbonyl (C=O) groups excluding carboxylic acids is 1. The number of amides is 1. The van der Waals surface area contributed by atoms with Crippen molar-refractivity contribution in [3.63, 3.8) is 0 Å². The molecule has 4 aromatic heterocycles. The Bertz CT molecular complexity index is 1530. The van der Waals surface area contributed by atoms with Crippen molar-refractivity contribution in [2.75, 3.05) is 31.1 Å². The van der Waals surface area contributed by atoms with Crippen molar-refractivity contribution >= 4 is 17.2 Å². The summed E-state index contributed by atoms with van der Waals surface area (Å²) in [7, 11) is 1.90. The number of aromatic nitrogens is 5.